The highest BCUT2D eigenvalue weighted by Crippen LogP contribution is 2.28. The first-order chi connectivity index (χ1) is 9.83. The molecular weight excluding hydrogens is 328 g/mol. The van der Waals surface area contributed by atoms with Crippen molar-refractivity contribution in [3.8, 4) is 11.5 Å². The van der Waals surface area contributed by atoms with E-state index in [9.17, 15) is 0 Å². The van der Waals surface area contributed by atoms with Crippen molar-refractivity contribution in [1.82, 2.24) is 10.3 Å². The van der Waals surface area contributed by atoms with Gasteiger partial charge in [-0.1, -0.05) is 15.9 Å². The minimum Gasteiger partial charge on any atom is -0.455 e. The number of hydrogen-bond acceptors (Lipinski definition) is 3. The first-order valence-corrected chi connectivity index (χ1v) is 7.77. The van der Waals surface area contributed by atoms with Crippen LogP contribution in [0.15, 0.2) is 41.0 Å². The summed E-state index contributed by atoms with van der Waals surface area (Å²) in [5.74, 6) is 1.60. The molecule has 0 radical (unpaired) electrons. The lowest BCUT2D eigenvalue weighted by Crippen LogP contribution is -2.35. The van der Waals surface area contributed by atoms with Crippen LogP contribution in [0.4, 0.5) is 0 Å². The number of nitrogens with zero attached hydrogens (tertiary/aromatic N) is 1. The van der Waals surface area contributed by atoms with E-state index in [4.69, 9.17) is 4.74 Å². The minimum absolute atomic E-state index is 0.0605. The molecule has 0 saturated carbocycles. The molecule has 1 aromatic heterocycles. The van der Waals surface area contributed by atoms with Gasteiger partial charge in [-0.25, -0.2) is 0 Å². The van der Waals surface area contributed by atoms with Crippen LogP contribution in [0.3, 0.4) is 0 Å². The first kappa shape index (κ1) is 16.0. The molecule has 0 spiro atoms. The molecule has 21 heavy (non-hydrogen) atoms. The van der Waals surface area contributed by atoms with Gasteiger partial charge in [0, 0.05) is 27.8 Å². The van der Waals surface area contributed by atoms with Gasteiger partial charge in [0.05, 0.1) is 6.20 Å². The number of pyridine rings is 1. The van der Waals surface area contributed by atoms with E-state index < -0.39 is 0 Å². The van der Waals surface area contributed by atoms with Crippen LogP contribution in [0.2, 0.25) is 0 Å². The number of aromatic nitrogens is 1. The molecule has 1 N–H and O–H groups in total. The third-order valence-electron chi connectivity index (χ3n) is 2.94. The molecular formula is C17H21BrN2O. The maximum atomic E-state index is 5.96. The summed E-state index contributed by atoms with van der Waals surface area (Å²) in [5, 5.41) is 3.48. The summed E-state index contributed by atoms with van der Waals surface area (Å²) in [5.41, 5.74) is 2.15. The van der Waals surface area contributed by atoms with E-state index in [2.05, 4.69) is 53.1 Å². The van der Waals surface area contributed by atoms with E-state index in [-0.39, 0.29) is 5.54 Å². The van der Waals surface area contributed by atoms with E-state index in [1.54, 1.807) is 6.20 Å². The lowest BCUT2D eigenvalue weighted by atomic mass is 10.1. The van der Waals surface area contributed by atoms with Crippen molar-refractivity contribution >= 4 is 15.9 Å². The molecule has 0 bridgehead atoms. The van der Waals surface area contributed by atoms with Crippen molar-refractivity contribution in [3.05, 3.63) is 52.3 Å². The largest absolute Gasteiger partial charge is 0.455 e. The zero-order chi connectivity index (χ0) is 15.5. The van der Waals surface area contributed by atoms with Crippen LogP contribution < -0.4 is 10.1 Å². The van der Waals surface area contributed by atoms with Crippen molar-refractivity contribution < 1.29 is 4.74 Å². The van der Waals surface area contributed by atoms with Gasteiger partial charge in [0.15, 0.2) is 0 Å². The maximum Gasteiger partial charge on any atom is 0.145 e. The van der Waals surface area contributed by atoms with Crippen LogP contribution in [-0.2, 0) is 6.54 Å². The van der Waals surface area contributed by atoms with Crippen molar-refractivity contribution in [3.63, 3.8) is 0 Å². The smallest absolute Gasteiger partial charge is 0.145 e. The molecule has 2 aromatic rings. The third kappa shape index (κ3) is 5.14. The Hall–Kier alpha value is -1.39. The summed E-state index contributed by atoms with van der Waals surface area (Å²) in [6, 6.07) is 9.92. The second-order valence-electron chi connectivity index (χ2n) is 6.09. The van der Waals surface area contributed by atoms with E-state index in [0.29, 0.717) is 0 Å². The number of halogens is 1. The van der Waals surface area contributed by atoms with E-state index >= 15 is 0 Å². The molecule has 0 amide bonds. The summed E-state index contributed by atoms with van der Waals surface area (Å²) in [4.78, 5) is 4.26. The van der Waals surface area contributed by atoms with E-state index in [0.717, 1.165) is 33.8 Å². The molecule has 2 rings (SSSR count). The quantitative estimate of drug-likeness (QED) is 0.858. The summed E-state index contributed by atoms with van der Waals surface area (Å²) in [6.45, 7) is 9.15. The number of benzene rings is 1. The lowest BCUT2D eigenvalue weighted by Gasteiger charge is -2.21. The Morgan fingerprint density at radius 2 is 1.95 bits per heavy atom. The van der Waals surface area contributed by atoms with Gasteiger partial charge in [0.25, 0.3) is 0 Å². The molecule has 4 heteroatoms. The number of hydrogen-bond donors (Lipinski definition) is 1. The van der Waals surface area contributed by atoms with Crippen LogP contribution in [0.1, 0.15) is 32.0 Å². The zero-order valence-electron chi connectivity index (χ0n) is 12.9. The van der Waals surface area contributed by atoms with Gasteiger partial charge in [-0.2, -0.15) is 0 Å². The molecule has 0 aliphatic carbocycles. The predicted octanol–water partition coefficient (Wildman–Crippen LogP) is 4.83. The SMILES string of the molecule is Cc1ccc(Oc2ccc(Br)cc2CNC(C)(C)C)cn1. The standard InChI is InChI=1S/C17H21BrN2O/c1-12-5-7-15(11-19-12)21-16-8-6-14(18)9-13(16)10-20-17(2,3)4/h5-9,11,20H,10H2,1-4H3. The van der Waals surface area contributed by atoms with Gasteiger partial charge in [-0.3, -0.25) is 4.98 Å². The van der Waals surface area contributed by atoms with Crippen LogP contribution in [0.25, 0.3) is 0 Å². The molecule has 0 fully saturated rings. The van der Waals surface area contributed by atoms with Gasteiger partial charge in [-0.15, -0.1) is 0 Å². The Morgan fingerprint density at radius 3 is 2.57 bits per heavy atom. The average molecular weight is 349 g/mol. The maximum absolute atomic E-state index is 5.96. The van der Waals surface area contributed by atoms with Crippen molar-refractivity contribution in [1.29, 1.82) is 0 Å². The summed E-state index contributed by atoms with van der Waals surface area (Å²) >= 11 is 3.52. The fourth-order valence-electron chi connectivity index (χ4n) is 1.79. The highest BCUT2D eigenvalue weighted by atomic mass is 79.9. The normalized spacial score (nSPS) is 11.5. The number of aryl methyl sites for hydroxylation is 1. The topological polar surface area (TPSA) is 34.1 Å². The Bertz CT molecular complexity index is 603. The number of nitrogens with one attached hydrogen (secondary N) is 1. The number of ether oxygens (including phenoxy) is 1. The first-order valence-electron chi connectivity index (χ1n) is 6.97. The van der Waals surface area contributed by atoms with Gasteiger partial charge in [-0.05, 0) is 58.0 Å². The fraction of sp³-hybridized carbons (Fsp3) is 0.353. The van der Waals surface area contributed by atoms with Gasteiger partial charge >= 0.3 is 0 Å². The highest BCUT2D eigenvalue weighted by molar-refractivity contribution is 9.10. The van der Waals surface area contributed by atoms with E-state index in [1.165, 1.54) is 0 Å². The van der Waals surface area contributed by atoms with Crippen molar-refractivity contribution in [2.24, 2.45) is 0 Å². The van der Waals surface area contributed by atoms with Gasteiger partial charge in [0.1, 0.15) is 11.5 Å². The molecule has 0 saturated heterocycles. The van der Waals surface area contributed by atoms with Crippen LogP contribution >= 0.6 is 15.9 Å². The Balaban J connectivity index is 2.20. The molecule has 0 unspecified atom stereocenters. The second kappa shape index (κ2) is 6.58. The summed E-state index contributed by atoms with van der Waals surface area (Å²) in [6.07, 6.45) is 1.75. The second-order valence-corrected chi connectivity index (χ2v) is 7.01. The fourth-order valence-corrected chi connectivity index (χ4v) is 2.20. The van der Waals surface area contributed by atoms with Gasteiger partial charge in [0.2, 0.25) is 0 Å². The number of rotatable bonds is 4. The molecule has 112 valence electrons. The Labute approximate surface area is 134 Å². The summed E-state index contributed by atoms with van der Waals surface area (Å²) in [7, 11) is 0. The Kier molecular flexibility index (Phi) is 5.01. The third-order valence-corrected chi connectivity index (χ3v) is 3.44. The molecule has 1 heterocycles. The monoisotopic (exact) mass is 348 g/mol. The van der Waals surface area contributed by atoms with Crippen LogP contribution in [0.5, 0.6) is 11.5 Å². The highest BCUT2D eigenvalue weighted by Gasteiger charge is 2.12. The Morgan fingerprint density at radius 1 is 1.19 bits per heavy atom. The van der Waals surface area contributed by atoms with Crippen LogP contribution in [0, 0.1) is 6.92 Å². The lowest BCUT2D eigenvalue weighted by molar-refractivity contribution is 0.414. The average Bonchev–Trinajstić information content (AvgIpc) is 2.40. The zero-order valence-corrected chi connectivity index (χ0v) is 14.5. The van der Waals surface area contributed by atoms with Gasteiger partial charge < -0.3 is 10.1 Å². The minimum atomic E-state index is 0.0605. The van der Waals surface area contributed by atoms with Crippen molar-refractivity contribution in [2.45, 2.75) is 39.8 Å². The summed E-state index contributed by atoms with van der Waals surface area (Å²) < 4.78 is 7.01. The van der Waals surface area contributed by atoms with E-state index in [1.807, 2.05) is 31.2 Å². The molecule has 0 atom stereocenters. The van der Waals surface area contributed by atoms with Crippen molar-refractivity contribution in [2.75, 3.05) is 0 Å². The van der Waals surface area contributed by atoms with Crippen LogP contribution in [-0.4, -0.2) is 10.5 Å². The predicted molar refractivity (Wildman–Crippen MR) is 89.8 cm³/mol. The molecule has 0 aliphatic heterocycles. The molecule has 0 aliphatic rings. The molecule has 1 aromatic carbocycles. The molecule has 3 nitrogen and oxygen atoms in total.